The maximum absolute atomic E-state index is 13.2. The summed E-state index contributed by atoms with van der Waals surface area (Å²) in [6.45, 7) is 13.8. The highest BCUT2D eigenvalue weighted by Crippen LogP contribution is 2.17. The van der Waals surface area contributed by atoms with Gasteiger partial charge in [-0.25, -0.2) is 4.99 Å². The Morgan fingerprint density at radius 3 is 2.62 bits per heavy atom. The topological polar surface area (TPSA) is 107 Å². The van der Waals surface area contributed by atoms with Gasteiger partial charge in [-0.05, 0) is 87.9 Å². The molecule has 0 saturated heterocycles. The molecule has 0 aliphatic rings. The van der Waals surface area contributed by atoms with Gasteiger partial charge in [0.15, 0.2) is 5.78 Å². The highest BCUT2D eigenvalue weighted by Gasteiger charge is 2.16. The largest absolute Gasteiger partial charge is 0.316 e. The molecule has 0 fully saturated rings. The number of ketones is 1. The zero-order chi connectivity index (χ0) is 23.7. The molecule has 0 aromatic carbocycles. The van der Waals surface area contributed by atoms with Gasteiger partial charge in [0.1, 0.15) is 5.84 Å². The van der Waals surface area contributed by atoms with Gasteiger partial charge in [-0.1, -0.05) is 20.8 Å². The van der Waals surface area contributed by atoms with Crippen molar-refractivity contribution in [2.45, 2.75) is 54.4 Å². The number of hydrogen-bond donors (Lipinski definition) is 3. The fourth-order valence-electron chi connectivity index (χ4n) is 3.72. The van der Waals surface area contributed by atoms with E-state index in [1.54, 1.807) is 37.5 Å². The van der Waals surface area contributed by atoms with E-state index in [9.17, 15) is 4.79 Å². The molecule has 2 heterocycles. The van der Waals surface area contributed by atoms with Crippen molar-refractivity contribution in [2.24, 2.45) is 16.8 Å². The van der Waals surface area contributed by atoms with Crippen LogP contribution < -0.4 is 5.32 Å². The van der Waals surface area contributed by atoms with Crippen LogP contribution in [0.2, 0.25) is 0 Å². The maximum atomic E-state index is 13.2. The molecular formula is C25H36N6O. The molecule has 0 saturated carbocycles. The van der Waals surface area contributed by atoms with Crippen molar-refractivity contribution < 1.29 is 4.79 Å². The van der Waals surface area contributed by atoms with Crippen molar-refractivity contribution in [2.75, 3.05) is 13.1 Å². The molecule has 0 amide bonds. The van der Waals surface area contributed by atoms with E-state index in [1.807, 2.05) is 13.8 Å². The number of carbonyl (C=O) groups is 1. The molecule has 3 N–H and O–H groups in total. The number of hydrogen-bond acceptors (Lipinski definition) is 5. The van der Waals surface area contributed by atoms with Crippen molar-refractivity contribution >= 4 is 17.3 Å². The molecule has 172 valence electrons. The van der Waals surface area contributed by atoms with Crippen LogP contribution in [0.5, 0.6) is 0 Å². The third kappa shape index (κ3) is 7.64. The second-order valence-corrected chi connectivity index (χ2v) is 8.81. The average molecular weight is 437 g/mol. The van der Waals surface area contributed by atoms with Gasteiger partial charge >= 0.3 is 0 Å². The molecule has 0 radical (unpaired) electrons. The number of aromatic nitrogens is 3. The van der Waals surface area contributed by atoms with E-state index in [-0.39, 0.29) is 11.6 Å². The maximum Gasteiger partial charge on any atom is 0.186 e. The number of H-pyrrole nitrogens is 1. The second-order valence-electron chi connectivity index (χ2n) is 8.81. The molecule has 7 heteroatoms. The molecule has 0 aliphatic carbocycles. The Kier molecular flexibility index (Phi) is 9.65. The molecule has 2 aromatic heterocycles. The van der Waals surface area contributed by atoms with Crippen LogP contribution in [-0.2, 0) is 0 Å². The molecule has 32 heavy (non-hydrogen) atoms. The van der Waals surface area contributed by atoms with Crippen molar-refractivity contribution in [1.82, 2.24) is 20.5 Å². The van der Waals surface area contributed by atoms with E-state index in [0.29, 0.717) is 41.8 Å². The molecule has 2 rings (SSSR count). The highest BCUT2D eigenvalue weighted by atomic mass is 16.1. The van der Waals surface area contributed by atoms with Gasteiger partial charge in [0.2, 0.25) is 0 Å². The molecule has 0 aliphatic heterocycles. The predicted octanol–water partition coefficient (Wildman–Crippen LogP) is 4.68. The SMILES string of the molecule is CC(=N)N=C(/C(=C/C(=O)c1ccnc(C)c1C)CCNC[C@H](C)CC(C)C)c1ccn[nH]1. The number of nitrogens with zero attached hydrogens (tertiary/aromatic N) is 3. The number of amidine groups is 1. The van der Waals surface area contributed by atoms with E-state index in [0.717, 1.165) is 23.4 Å². The number of carbonyl (C=O) groups excluding carboxylic acids is 1. The molecule has 2 aromatic rings. The molecule has 0 bridgehead atoms. The van der Waals surface area contributed by atoms with Crippen LogP contribution in [-0.4, -0.2) is 45.6 Å². The number of rotatable bonds is 11. The quantitative estimate of drug-likeness (QED) is 0.156. The van der Waals surface area contributed by atoms with Gasteiger partial charge in [0, 0.05) is 23.7 Å². The van der Waals surface area contributed by atoms with Crippen LogP contribution in [0.25, 0.3) is 0 Å². The van der Waals surface area contributed by atoms with Crippen LogP contribution in [0.15, 0.2) is 41.2 Å². The van der Waals surface area contributed by atoms with Crippen LogP contribution in [0, 0.1) is 31.1 Å². The third-order valence-corrected chi connectivity index (χ3v) is 5.30. The number of allylic oxidation sites excluding steroid dienone is 1. The summed E-state index contributed by atoms with van der Waals surface area (Å²) >= 11 is 0. The molecular weight excluding hydrogens is 400 g/mol. The fourth-order valence-corrected chi connectivity index (χ4v) is 3.72. The first-order chi connectivity index (χ1) is 15.2. The first-order valence-corrected chi connectivity index (χ1v) is 11.2. The number of pyridine rings is 1. The van der Waals surface area contributed by atoms with E-state index in [2.05, 4.69) is 46.3 Å². The Hall–Kier alpha value is -2.93. The van der Waals surface area contributed by atoms with Gasteiger partial charge in [-0.15, -0.1) is 0 Å². The Morgan fingerprint density at radius 2 is 2.00 bits per heavy atom. The fraction of sp³-hybridized carbons (Fsp3) is 0.480. The zero-order valence-corrected chi connectivity index (χ0v) is 20.1. The lowest BCUT2D eigenvalue weighted by atomic mass is 9.97. The van der Waals surface area contributed by atoms with Gasteiger partial charge in [0.05, 0.1) is 11.4 Å². The molecule has 0 spiro atoms. The summed E-state index contributed by atoms with van der Waals surface area (Å²) in [5.74, 6) is 1.33. The number of nitrogens with one attached hydrogen (secondary N) is 3. The Balaban J connectivity index is 2.31. The molecule has 0 unspecified atom stereocenters. The van der Waals surface area contributed by atoms with Gasteiger partial charge in [-0.3, -0.25) is 20.3 Å². The normalized spacial score (nSPS) is 13.5. The predicted molar refractivity (Wildman–Crippen MR) is 131 cm³/mol. The summed E-state index contributed by atoms with van der Waals surface area (Å²) < 4.78 is 0. The van der Waals surface area contributed by atoms with Gasteiger partial charge in [0.25, 0.3) is 0 Å². The monoisotopic (exact) mass is 436 g/mol. The van der Waals surface area contributed by atoms with Crippen LogP contribution >= 0.6 is 0 Å². The Morgan fingerprint density at radius 1 is 1.25 bits per heavy atom. The van der Waals surface area contributed by atoms with E-state index >= 15 is 0 Å². The van der Waals surface area contributed by atoms with Gasteiger partial charge in [-0.2, -0.15) is 5.10 Å². The van der Waals surface area contributed by atoms with E-state index in [1.165, 1.54) is 6.42 Å². The smallest absolute Gasteiger partial charge is 0.186 e. The summed E-state index contributed by atoms with van der Waals surface area (Å²) in [7, 11) is 0. The first-order valence-electron chi connectivity index (χ1n) is 11.2. The van der Waals surface area contributed by atoms with Crippen LogP contribution in [0.1, 0.15) is 67.8 Å². The minimum Gasteiger partial charge on any atom is -0.316 e. The van der Waals surface area contributed by atoms with Crippen molar-refractivity contribution in [3.63, 3.8) is 0 Å². The zero-order valence-electron chi connectivity index (χ0n) is 20.1. The van der Waals surface area contributed by atoms with Crippen molar-refractivity contribution in [3.8, 4) is 0 Å². The minimum atomic E-state index is -0.0916. The lowest BCUT2D eigenvalue weighted by Gasteiger charge is -2.16. The van der Waals surface area contributed by atoms with Gasteiger partial charge < -0.3 is 5.32 Å². The summed E-state index contributed by atoms with van der Waals surface area (Å²) in [5, 5.41) is 18.4. The first kappa shape index (κ1) is 25.3. The van der Waals surface area contributed by atoms with Crippen LogP contribution in [0.3, 0.4) is 0 Å². The lowest BCUT2D eigenvalue weighted by Crippen LogP contribution is -2.24. The number of aromatic amines is 1. The summed E-state index contributed by atoms with van der Waals surface area (Å²) in [6, 6.07) is 3.56. The van der Waals surface area contributed by atoms with Crippen LogP contribution in [0.4, 0.5) is 0 Å². The van der Waals surface area contributed by atoms with E-state index < -0.39 is 0 Å². The summed E-state index contributed by atoms with van der Waals surface area (Å²) in [4.78, 5) is 21.9. The van der Waals surface area contributed by atoms with Crippen molar-refractivity contribution in [1.29, 1.82) is 5.41 Å². The minimum absolute atomic E-state index is 0.0916. The number of aliphatic imine (C=N–C) groups is 1. The molecule has 1 atom stereocenters. The third-order valence-electron chi connectivity index (χ3n) is 5.30. The summed E-state index contributed by atoms with van der Waals surface area (Å²) in [6.07, 6.45) is 6.72. The molecule has 7 nitrogen and oxygen atoms in total. The van der Waals surface area contributed by atoms with Crippen molar-refractivity contribution in [3.05, 3.63) is 58.7 Å². The number of aryl methyl sites for hydroxylation is 1. The Labute approximate surface area is 191 Å². The van der Waals surface area contributed by atoms with E-state index in [4.69, 9.17) is 5.41 Å². The average Bonchev–Trinajstić information content (AvgIpc) is 3.24. The second kappa shape index (κ2) is 12.2. The standard InChI is InChI=1S/C25H36N6O/c1-16(2)13-17(3)15-27-10-7-21(25(30-20(6)26)23-9-12-29-31-23)14-24(32)22-8-11-28-19(5)18(22)4/h8-9,11-12,14,16-17,26-27H,7,10,13,15H2,1-6H3,(H,29,31)/b21-14+,26-20?,30-25?/t17-/m1/s1. The summed E-state index contributed by atoms with van der Waals surface area (Å²) in [5.41, 5.74) is 4.37. The Bertz CT molecular complexity index is 972. The lowest BCUT2D eigenvalue weighted by molar-refractivity contribution is 0.104. The highest BCUT2D eigenvalue weighted by molar-refractivity contribution is 6.19.